The molecule has 0 spiro atoms. The van der Waals surface area contributed by atoms with Gasteiger partial charge in [-0.15, -0.1) is 0 Å². The third kappa shape index (κ3) is 2.71. The average molecular weight is 257 g/mol. The summed E-state index contributed by atoms with van der Waals surface area (Å²) in [5.41, 5.74) is 12.2. The minimum Gasteiger partial charge on any atom is -0.320 e. The van der Waals surface area contributed by atoms with Crippen LogP contribution in [0.1, 0.15) is 47.5 Å². The smallest absolute Gasteiger partial charge is 0.0647 e. The fourth-order valence-electron chi connectivity index (χ4n) is 2.59. The minimum absolute atomic E-state index is 0.0932. The van der Waals surface area contributed by atoms with Crippen molar-refractivity contribution in [3.63, 3.8) is 0 Å². The molecule has 2 N–H and O–H groups in total. The second kappa shape index (κ2) is 5.57. The number of benzene rings is 1. The number of rotatable bonds is 4. The summed E-state index contributed by atoms with van der Waals surface area (Å²) in [5.74, 6) is 0. The number of aryl methyl sites for hydroxylation is 3. The first-order valence-corrected chi connectivity index (χ1v) is 6.89. The van der Waals surface area contributed by atoms with Crippen LogP contribution in [-0.2, 0) is 13.5 Å². The Morgan fingerprint density at radius 3 is 2.32 bits per heavy atom. The Hall–Kier alpha value is -1.61. The van der Waals surface area contributed by atoms with Crippen LogP contribution < -0.4 is 5.73 Å². The quantitative estimate of drug-likeness (QED) is 0.915. The van der Waals surface area contributed by atoms with Gasteiger partial charge in [-0.25, -0.2) is 0 Å². The van der Waals surface area contributed by atoms with Gasteiger partial charge in [0.25, 0.3) is 0 Å². The lowest BCUT2D eigenvalue weighted by atomic mass is 9.96. The highest BCUT2D eigenvalue weighted by molar-refractivity contribution is 5.37. The molecule has 1 unspecified atom stereocenters. The maximum atomic E-state index is 6.40. The third-order valence-electron chi connectivity index (χ3n) is 3.75. The van der Waals surface area contributed by atoms with Gasteiger partial charge < -0.3 is 5.73 Å². The van der Waals surface area contributed by atoms with Crippen molar-refractivity contribution in [2.45, 2.75) is 39.7 Å². The molecule has 1 heterocycles. The molecule has 3 heteroatoms. The van der Waals surface area contributed by atoms with Crippen molar-refractivity contribution >= 4 is 0 Å². The Morgan fingerprint density at radius 1 is 1.21 bits per heavy atom. The van der Waals surface area contributed by atoms with E-state index in [2.05, 4.69) is 43.2 Å². The molecule has 102 valence electrons. The molecule has 0 bridgehead atoms. The number of nitrogens with two attached hydrogens (primary N) is 1. The van der Waals surface area contributed by atoms with Gasteiger partial charge in [-0.2, -0.15) is 5.10 Å². The topological polar surface area (TPSA) is 43.8 Å². The predicted molar refractivity (Wildman–Crippen MR) is 79.1 cm³/mol. The Morgan fingerprint density at radius 2 is 1.84 bits per heavy atom. The molecule has 1 aromatic carbocycles. The highest BCUT2D eigenvalue weighted by Gasteiger charge is 2.18. The summed E-state index contributed by atoms with van der Waals surface area (Å²) in [6, 6.07) is 8.55. The second-order valence-electron chi connectivity index (χ2n) is 5.18. The van der Waals surface area contributed by atoms with Gasteiger partial charge in [0, 0.05) is 18.3 Å². The molecule has 0 radical (unpaired) electrons. The molecule has 0 aliphatic heterocycles. The van der Waals surface area contributed by atoms with Crippen LogP contribution in [0.2, 0.25) is 0 Å². The minimum atomic E-state index is -0.0932. The Bertz CT molecular complexity index is 552. The number of nitrogens with zero attached hydrogens (tertiary/aromatic N) is 2. The Labute approximate surface area is 115 Å². The lowest BCUT2D eigenvalue weighted by Gasteiger charge is -2.13. The first-order valence-electron chi connectivity index (χ1n) is 6.89. The lowest BCUT2D eigenvalue weighted by Crippen LogP contribution is -2.14. The fourth-order valence-corrected chi connectivity index (χ4v) is 2.59. The maximum absolute atomic E-state index is 6.40. The SMILES string of the molecule is CCCc1ccc(C(N)c2c(C)nn(C)c2C)cc1. The molecule has 19 heavy (non-hydrogen) atoms. The number of aromatic nitrogens is 2. The van der Waals surface area contributed by atoms with E-state index in [1.165, 1.54) is 12.0 Å². The monoisotopic (exact) mass is 257 g/mol. The summed E-state index contributed by atoms with van der Waals surface area (Å²) < 4.78 is 1.90. The standard InChI is InChI=1S/C16H23N3/c1-5-6-13-7-9-14(10-8-13)16(17)15-11(2)18-19(4)12(15)3/h7-10,16H,5-6,17H2,1-4H3. The van der Waals surface area contributed by atoms with Crippen molar-refractivity contribution in [2.24, 2.45) is 12.8 Å². The predicted octanol–water partition coefficient (Wildman–Crippen LogP) is 3.04. The largest absolute Gasteiger partial charge is 0.320 e. The summed E-state index contributed by atoms with van der Waals surface area (Å²) in [7, 11) is 1.96. The van der Waals surface area contributed by atoms with Crippen molar-refractivity contribution in [1.82, 2.24) is 9.78 Å². The van der Waals surface area contributed by atoms with Crippen LogP contribution in [-0.4, -0.2) is 9.78 Å². The zero-order valence-corrected chi connectivity index (χ0v) is 12.3. The molecule has 3 nitrogen and oxygen atoms in total. The van der Waals surface area contributed by atoms with E-state index in [1.807, 2.05) is 18.7 Å². The second-order valence-corrected chi connectivity index (χ2v) is 5.18. The molecule has 0 aliphatic carbocycles. The summed E-state index contributed by atoms with van der Waals surface area (Å²) in [4.78, 5) is 0. The van der Waals surface area contributed by atoms with Gasteiger partial charge in [-0.1, -0.05) is 37.6 Å². The van der Waals surface area contributed by atoms with E-state index in [-0.39, 0.29) is 6.04 Å². The Balaban J connectivity index is 2.30. The molecule has 0 amide bonds. The van der Waals surface area contributed by atoms with Gasteiger partial charge in [-0.05, 0) is 31.4 Å². The van der Waals surface area contributed by atoms with E-state index in [4.69, 9.17) is 5.73 Å². The average Bonchev–Trinajstić information content (AvgIpc) is 2.64. The number of hydrogen-bond donors (Lipinski definition) is 1. The van der Waals surface area contributed by atoms with Gasteiger partial charge in [0.2, 0.25) is 0 Å². The van der Waals surface area contributed by atoms with Crippen molar-refractivity contribution in [3.05, 3.63) is 52.3 Å². The van der Waals surface area contributed by atoms with E-state index >= 15 is 0 Å². The van der Waals surface area contributed by atoms with E-state index in [0.29, 0.717) is 0 Å². The maximum Gasteiger partial charge on any atom is 0.0647 e. The van der Waals surface area contributed by atoms with Crippen LogP contribution in [0.15, 0.2) is 24.3 Å². The molecular formula is C16H23N3. The van der Waals surface area contributed by atoms with Gasteiger partial charge in [0.15, 0.2) is 0 Å². The molecule has 1 atom stereocenters. The molecule has 0 aliphatic rings. The molecule has 2 rings (SSSR count). The van der Waals surface area contributed by atoms with Crippen LogP contribution in [0.4, 0.5) is 0 Å². The van der Waals surface area contributed by atoms with Crippen LogP contribution in [0.3, 0.4) is 0 Å². The molecule has 0 saturated heterocycles. The van der Waals surface area contributed by atoms with Gasteiger partial charge in [0.05, 0.1) is 11.7 Å². The lowest BCUT2D eigenvalue weighted by molar-refractivity contribution is 0.728. The van der Waals surface area contributed by atoms with E-state index in [1.54, 1.807) is 0 Å². The first kappa shape index (κ1) is 13.8. The molecule has 0 fully saturated rings. The normalized spacial score (nSPS) is 12.7. The van der Waals surface area contributed by atoms with Crippen LogP contribution in [0.25, 0.3) is 0 Å². The van der Waals surface area contributed by atoms with Gasteiger partial charge in [-0.3, -0.25) is 4.68 Å². The molecular weight excluding hydrogens is 234 g/mol. The van der Waals surface area contributed by atoms with Crippen LogP contribution in [0.5, 0.6) is 0 Å². The number of hydrogen-bond acceptors (Lipinski definition) is 2. The van der Waals surface area contributed by atoms with Crippen LogP contribution >= 0.6 is 0 Å². The van der Waals surface area contributed by atoms with Gasteiger partial charge >= 0.3 is 0 Å². The highest BCUT2D eigenvalue weighted by atomic mass is 15.3. The van der Waals surface area contributed by atoms with Crippen molar-refractivity contribution < 1.29 is 0 Å². The summed E-state index contributed by atoms with van der Waals surface area (Å²) in [6.07, 6.45) is 2.30. The zero-order chi connectivity index (χ0) is 14.0. The summed E-state index contributed by atoms with van der Waals surface area (Å²) >= 11 is 0. The molecule has 0 saturated carbocycles. The Kier molecular flexibility index (Phi) is 4.05. The van der Waals surface area contributed by atoms with E-state index in [0.717, 1.165) is 28.9 Å². The van der Waals surface area contributed by atoms with Crippen molar-refractivity contribution in [3.8, 4) is 0 Å². The highest BCUT2D eigenvalue weighted by Crippen LogP contribution is 2.25. The summed E-state index contributed by atoms with van der Waals surface area (Å²) in [6.45, 7) is 6.29. The van der Waals surface area contributed by atoms with E-state index in [9.17, 15) is 0 Å². The van der Waals surface area contributed by atoms with Crippen molar-refractivity contribution in [1.29, 1.82) is 0 Å². The fraction of sp³-hybridized carbons (Fsp3) is 0.438. The van der Waals surface area contributed by atoms with Crippen molar-refractivity contribution in [2.75, 3.05) is 0 Å². The van der Waals surface area contributed by atoms with Crippen LogP contribution in [0, 0.1) is 13.8 Å². The van der Waals surface area contributed by atoms with E-state index < -0.39 is 0 Å². The summed E-state index contributed by atoms with van der Waals surface area (Å²) in [5, 5.41) is 4.44. The molecule has 1 aromatic heterocycles. The zero-order valence-electron chi connectivity index (χ0n) is 12.3. The molecule has 2 aromatic rings. The first-order chi connectivity index (χ1) is 9.04. The van der Waals surface area contributed by atoms with Gasteiger partial charge in [0.1, 0.15) is 0 Å². The third-order valence-corrected chi connectivity index (χ3v) is 3.75.